The van der Waals surface area contributed by atoms with Gasteiger partial charge in [-0.3, -0.25) is 9.59 Å². The number of rotatable bonds is 3. The summed E-state index contributed by atoms with van der Waals surface area (Å²) in [6.07, 6.45) is 1.32. The SMILES string of the molecule is CC1CC(C)(C)C(CN)C1N1CC(C(N)=O)CC1=O. The molecule has 1 saturated carbocycles. The second-order valence-electron chi connectivity index (χ2n) is 6.85. The van der Waals surface area contributed by atoms with Gasteiger partial charge in [-0.2, -0.15) is 0 Å². The lowest BCUT2D eigenvalue weighted by molar-refractivity contribution is -0.131. The highest BCUT2D eigenvalue weighted by Crippen LogP contribution is 2.48. The van der Waals surface area contributed by atoms with Crippen molar-refractivity contribution in [3.05, 3.63) is 0 Å². The van der Waals surface area contributed by atoms with E-state index < -0.39 is 0 Å². The monoisotopic (exact) mass is 267 g/mol. The van der Waals surface area contributed by atoms with Gasteiger partial charge in [-0.05, 0) is 30.2 Å². The van der Waals surface area contributed by atoms with E-state index in [2.05, 4.69) is 20.8 Å². The smallest absolute Gasteiger partial charge is 0.223 e. The molecule has 0 aromatic rings. The molecule has 1 aliphatic heterocycles. The van der Waals surface area contributed by atoms with E-state index in [0.29, 0.717) is 19.0 Å². The number of carbonyl (C=O) groups is 2. The summed E-state index contributed by atoms with van der Waals surface area (Å²) >= 11 is 0. The summed E-state index contributed by atoms with van der Waals surface area (Å²) in [5, 5.41) is 0. The number of hydrogen-bond acceptors (Lipinski definition) is 3. The van der Waals surface area contributed by atoms with Gasteiger partial charge < -0.3 is 16.4 Å². The minimum absolute atomic E-state index is 0.0526. The molecule has 0 aromatic heterocycles. The first-order valence-electron chi connectivity index (χ1n) is 7.06. The highest BCUT2D eigenvalue weighted by Gasteiger charge is 2.51. The first-order chi connectivity index (χ1) is 8.77. The van der Waals surface area contributed by atoms with Gasteiger partial charge in [0.25, 0.3) is 0 Å². The van der Waals surface area contributed by atoms with Crippen molar-refractivity contribution in [2.45, 2.75) is 39.7 Å². The van der Waals surface area contributed by atoms with Gasteiger partial charge >= 0.3 is 0 Å². The fraction of sp³-hybridized carbons (Fsp3) is 0.857. The van der Waals surface area contributed by atoms with Crippen LogP contribution in [0.3, 0.4) is 0 Å². The number of primary amides is 1. The fourth-order valence-electron chi connectivity index (χ4n) is 4.15. The zero-order valence-electron chi connectivity index (χ0n) is 12.1. The Bertz CT molecular complexity index is 394. The van der Waals surface area contributed by atoms with E-state index in [9.17, 15) is 9.59 Å². The molecule has 19 heavy (non-hydrogen) atoms. The minimum atomic E-state index is -0.370. The molecule has 5 heteroatoms. The van der Waals surface area contributed by atoms with Crippen molar-refractivity contribution in [2.24, 2.45) is 34.6 Å². The van der Waals surface area contributed by atoms with Crippen LogP contribution >= 0.6 is 0 Å². The number of hydrogen-bond donors (Lipinski definition) is 2. The number of carbonyl (C=O) groups excluding carboxylic acids is 2. The number of nitrogens with two attached hydrogens (primary N) is 2. The van der Waals surface area contributed by atoms with Crippen LogP contribution in [0.4, 0.5) is 0 Å². The number of amides is 2. The predicted molar refractivity (Wildman–Crippen MR) is 72.9 cm³/mol. The van der Waals surface area contributed by atoms with E-state index in [1.165, 1.54) is 0 Å². The summed E-state index contributed by atoms with van der Waals surface area (Å²) in [4.78, 5) is 25.3. The maximum absolute atomic E-state index is 12.2. The van der Waals surface area contributed by atoms with E-state index in [1.54, 1.807) is 0 Å². The summed E-state index contributed by atoms with van der Waals surface area (Å²) in [6, 6.07) is 0.150. The van der Waals surface area contributed by atoms with Gasteiger partial charge in [0, 0.05) is 19.0 Å². The first-order valence-corrected chi connectivity index (χ1v) is 7.06. The maximum Gasteiger partial charge on any atom is 0.223 e. The Balaban J connectivity index is 2.21. The standard InChI is InChI=1S/C14H25N3O2/c1-8-5-14(2,3)10(6-15)12(8)17-7-9(13(16)19)4-11(17)18/h8-10,12H,4-7,15H2,1-3H3,(H2,16,19). The third-order valence-electron chi connectivity index (χ3n) is 5.02. The van der Waals surface area contributed by atoms with Crippen LogP contribution in [-0.2, 0) is 9.59 Å². The third kappa shape index (κ3) is 2.36. The number of nitrogens with zero attached hydrogens (tertiary/aromatic N) is 1. The normalized spacial score (nSPS) is 37.9. The van der Waals surface area contributed by atoms with Crippen LogP contribution < -0.4 is 11.5 Å². The van der Waals surface area contributed by atoms with E-state index in [1.807, 2.05) is 4.90 Å². The topological polar surface area (TPSA) is 89.4 Å². The van der Waals surface area contributed by atoms with Crippen molar-refractivity contribution in [1.82, 2.24) is 4.90 Å². The van der Waals surface area contributed by atoms with Gasteiger partial charge in [0.1, 0.15) is 0 Å². The third-order valence-corrected chi connectivity index (χ3v) is 5.02. The second-order valence-corrected chi connectivity index (χ2v) is 6.85. The van der Waals surface area contributed by atoms with Crippen molar-refractivity contribution in [2.75, 3.05) is 13.1 Å². The van der Waals surface area contributed by atoms with Crippen LogP contribution in [-0.4, -0.2) is 35.8 Å². The van der Waals surface area contributed by atoms with Gasteiger partial charge in [-0.15, -0.1) is 0 Å². The molecular formula is C14H25N3O2. The molecule has 1 saturated heterocycles. The molecule has 4 N–H and O–H groups in total. The molecule has 2 rings (SSSR count). The molecule has 2 aliphatic rings. The Morgan fingerprint density at radius 2 is 2.11 bits per heavy atom. The zero-order chi connectivity index (χ0) is 14.4. The van der Waals surface area contributed by atoms with Crippen molar-refractivity contribution >= 4 is 11.8 Å². The van der Waals surface area contributed by atoms with Gasteiger partial charge in [0.05, 0.1) is 5.92 Å². The van der Waals surface area contributed by atoms with Crippen LogP contribution in [0.1, 0.15) is 33.6 Å². The molecule has 1 heterocycles. The second kappa shape index (κ2) is 4.78. The molecule has 4 unspecified atom stereocenters. The molecular weight excluding hydrogens is 242 g/mol. The van der Waals surface area contributed by atoms with Crippen molar-refractivity contribution < 1.29 is 9.59 Å². The van der Waals surface area contributed by atoms with Crippen molar-refractivity contribution in [3.8, 4) is 0 Å². The molecule has 0 radical (unpaired) electrons. The lowest BCUT2D eigenvalue weighted by Gasteiger charge is -2.35. The van der Waals surface area contributed by atoms with Crippen LogP contribution in [0.5, 0.6) is 0 Å². The van der Waals surface area contributed by atoms with Gasteiger partial charge in [-0.25, -0.2) is 0 Å². The van der Waals surface area contributed by atoms with Crippen LogP contribution in [0, 0.1) is 23.2 Å². The Kier molecular flexibility index (Phi) is 3.60. The molecule has 5 nitrogen and oxygen atoms in total. The minimum Gasteiger partial charge on any atom is -0.369 e. The van der Waals surface area contributed by atoms with Gasteiger partial charge in [-0.1, -0.05) is 20.8 Å². The molecule has 2 amide bonds. The fourth-order valence-corrected chi connectivity index (χ4v) is 4.15. The predicted octanol–water partition coefficient (Wildman–Crippen LogP) is 0.330. The Labute approximate surface area is 114 Å². The molecule has 0 spiro atoms. The summed E-state index contributed by atoms with van der Waals surface area (Å²) < 4.78 is 0. The van der Waals surface area contributed by atoms with Crippen LogP contribution in [0.25, 0.3) is 0 Å². The molecule has 2 fully saturated rings. The Hall–Kier alpha value is -1.10. The lowest BCUT2D eigenvalue weighted by atomic mass is 9.80. The van der Waals surface area contributed by atoms with Crippen LogP contribution in [0.15, 0.2) is 0 Å². The van der Waals surface area contributed by atoms with E-state index in [0.717, 1.165) is 6.42 Å². The summed E-state index contributed by atoms with van der Waals surface area (Å²) in [6.45, 7) is 7.65. The summed E-state index contributed by atoms with van der Waals surface area (Å²) in [5.41, 5.74) is 11.4. The Morgan fingerprint density at radius 1 is 1.47 bits per heavy atom. The average molecular weight is 267 g/mol. The van der Waals surface area contributed by atoms with Crippen LogP contribution in [0.2, 0.25) is 0 Å². The maximum atomic E-state index is 12.2. The van der Waals surface area contributed by atoms with Crippen molar-refractivity contribution in [3.63, 3.8) is 0 Å². The van der Waals surface area contributed by atoms with Crippen molar-refractivity contribution in [1.29, 1.82) is 0 Å². The quantitative estimate of drug-likeness (QED) is 0.772. The number of likely N-dealkylation sites (tertiary alicyclic amines) is 1. The highest BCUT2D eigenvalue weighted by atomic mass is 16.2. The Morgan fingerprint density at radius 3 is 2.58 bits per heavy atom. The molecule has 4 atom stereocenters. The van der Waals surface area contributed by atoms with E-state index in [-0.39, 0.29) is 41.5 Å². The highest BCUT2D eigenvalue weighted by molar-refractivity contribution is 5.88. The van der Waals surface area contributed by atoms with Gasteiger partial charge in [0.2, 0.25) is 11.8 Å². The summed E-state index contributed by atoms with van der Waals surface area (Å²) in [7, 11) is 0. The zero-order valence-corrected chi connectivity index (χ0v) is 12.1. The molecule has 108 valence electrons. The van der Waals surface area contributed by atoms with Gasteiger partial charge in [0.15, 0.2) is 0 Å². The summed E-state index contributed by atoms with van der Waals surface area (Å²) in [5.74, 6) is 0.0564. The van der Waals surface area contributed by atoms with E-state index in [4.69, 9.17) is 11.5 Å². The largest absolute Gasteiger partial charge is 0.369 e. The molecule has 0 aromatic carbocycles. The lowest BCUT2D eigenvalue weighted by Crippen LogP contribution is -2.47. The molecule has 0 bridgehead atoms. The van der Waals surface area contributed by atoms with E-state index >= 15 is 0 Å². The first kappa shape index (κ1) is 14.3. The average Bonchev–Trinajstić information content (AvgIpc) is 2.75. The molecule has 1 aliphatic carbocycles.